The lowest BCUT2D eigenvalue weighted by Crippen LogP contribution is -2.47. The van der Waals surface area contributed by atoms with Crippen molar-refractivity contribution in [2.24, 2.45) is 7.05 Å². The molecular weight excluding hydrogens is 544 g/mol. The smallest absolute Gasteiger partial charge is 0.410 e. The number of anilines is 1. The van der Waals surface area contributed by atoms with Crippen LogP contribution in [0.15, 0.2) is 36.4 Å². The molecule has 0 spiro atoms. The molecule has 1 aliphatic carbocycles. The molecule has 1 aliphatic rings. The van der Waals surface area contributed by atoms with Gasteiger partial charge in [0.25, 0.3) is 0 Å². The van der Waals surface area contributed by atoms with Crippen LogP contribution >= 0.6 is 0 Å². The summed E-state index contributed by atoms with van der Waals surface area (Å²) in [6.45, 7) is 12.4. The molecule has 10 nitrogen and oxygen atoms in total. The van der Waals surface area contributed by atoms with E-state index in [1.165, 1.54) is 11.1 Å². The minimum Gasteiger partial charge on any atom is -0.444 e. The largest absolute Gasteiger partial charge is 0.444 e. The summed E-state index contributed by atoms with van der Waals surface area (Å²) >= 11 is 0. The second kappa shape index (κ2) is 13.1. The van der Waals surface area contributed by atoms with Gasteiger partial charge in [-0.15, -0.1) is 0 Å². The van der Waals surface area contributed by atoms with E-state index in [9.17, 15) is 14.4 Å². The summed E-state index contributed by atoms with van der Waals surface area (Å²) in [6, 6.07) is 12.5. The van der Waals surface area contributed by atoms with E-state index in [0.29, 0.717) is 13.1 Å². The van der Waals surface area contributed by atoms with Crippen LogP contribution in [0.3, 0.4) is 0 Å². The zero-order chi connectivity index (χ0) is 31.5. The number of hydrogen-bond acceptors (Lipinski definition) is 6. The second-order valence-electron chi connectivity index (χ2n) is 12.5. The first kappa shape index (κ1) is 31.8. The highest BCUT2D eigenvalue weighted by Crippen LogP contribution is 2.29. The van der Waals surface area contributed by atoms with Gasteiger partial charge in [0.2, 0.25) is 11.8 Å². The Hall–Kier alpha value is -4.08. The Morgan fingerprint density at radius 3 is 2.33 bits per heavy atom. The highest BCUT2D eigenvalue weighted by atomic mass is 16.6. The Morgan fingerprint density at radius 1 is 1.07 bits per heavy atom. The molecule has 0 fully saturated rings. The third-order valence-electron chi connectivity index (χ3n) is 8.06. The number of amides is 3. The van der Waals surface area contributed by atoms with E-state index in [1.807, 2.05) is 88.3 Å². The van der Waals surface area contributed by atoms with Crippen LogP contribution in [0.25, 0.3) is 10.9 Å². The molecule has 1 heterocycles. The highest BCUT2D eigenvalue weighted by molar-refractivity contribution is 5.91. The van der Waals surface area contributed by atoms with Crippen LogP contribution < -0.4 is 10.2 Å². The van der Waals surface area contributed by atoms with Crippen LogP contribution in [0.4, 0.5) is 10.5 Å². The van der Waals surface area contributed by atoms with Gasteiger partial charge >= 0.3 is 6.09 Å². The summed E-state index contributed by atoms with van der Waals surface area (Å²) in [5.41, 5.74) is 5.60. The predicted octanol–water partition coefficient (Wildman–Crippen LogP) is 4.00. The third-order valence-corrected chi connectivity index (χ3v) is 8.06. The maximum absolute atomic E-state index is 13.7. The van der Waals surface area contributed by atoms with Crippen molar-refractivity contribution in [2.45, 2.75) is 66.0 Å². The highest BCUT2D eigenvalue weighted by Gasteiger charge is 2.29. The minimum atomic E-state index is -0.597. The summed E-state index contributed by atoms with van der Waals surface area (Å²) in [6.07, 6.45) is 1.23. The van der Waals surface area contributed by atoms with Gasteiger partial charge in [0.05, 0.1) is 24.3 Å². The third kappa shape index (κ3) is 7.66. The molecule has 3 aromatic rings. The van der Waals surface area contributed by atoms with Crippen LogP contribution in [-0.4, -0.2) is 88.9 Å². The van der Waals surface area contributed by atoms with Gasteiger partial charge in [-0.05, 0) is 83.2 Å². The Bertz CT molecular complexity index is 1470. The summed E-state index contributed by atoms with van der Waals surface area (Å²) in [7, 11) is 3.75. The van der Waals surface area contributed by atoms with E-state index < -0.39 is 11.7 Å². The molecule has 0 saturated carbocycles. The summed E-state index contributed by atoms with van der Waals surface area (Å²) in [5, 5.41) is 8.53. The Balaban J connectivity index is 1.49. The van der Waals surface area contributed by atoms with E-state index in [1.54, 1.807) is 4.90 Å². The van der Waals surface area contributed by atoms with Crippen LogP contribution in [0.2, 0.25) is 0 Å². The molecule has 0 aliphatic heterocycles. The molecule has 0 radical (unpaired) electrons. The van der Waals surface area contributed by atoms with Gasteiger partial charge in [0.1, 0.15) is 5.60 Å². The fraction of sp³-hybridized carbons (Fsp3) is 0.515. The van der Waals surface area contributed by atoms with E-state index in [-0.39, 0.29) is 37.5 Å². The first-order chi connectivity index (χ1) is 20.3. The number of nitrogens with zero attached hydrogens (tertiary/aromatic N) is 5. The van der Waals surface area contributed by atoms with Gasteiger partial charge in [-0.2, -0.15) is 5.10 Å². The van der Waals surface area contributed by atoms with Crippen molar-refractivity contribution in [3.63, 3.8) is 0 Å². The topological polar surface area (TPSA) is 100 Å². The molecule has 1 aromatic heterocycles. The molecule has 0 bridgehead atoms. The fourth-order valence-corrected chi connectivity index (χ4v) is 5.70. The molecule has 43 heavy (non-hydrogen) atoms. The quantitative estimate of drug-likeness (QED) is 0.383. The average molecular weight is 591 g/mol. The molecule has 4 rings (SSSR count). The predicted molar refractivity (Wildman–Crippen MR) is 169 cm³/mol. The number of likely N-dealkylation sites (N-methyl/N-ethyl adjacent to an activating group) is 2. The normalized spacial score (nSPS) is 13.1. The maximum Gasteiger partial charge on any atom is 0.410 e. The number of carbonyl (C=O) groups excluding carboxylic acids is 3. The molecule has 0 saturated heterocycles. The standard InChI is InChI=1S/C33H46N6O4/c1-9-38(32(42)43-33(4,5)6)15-14-34-30(40)20-39(28-19-29-27(16-22(28)2)23(3)35-37(29)8)21-31(41)36(7)26-17-24-12-10-11-13-25(24)18-26/h10-13,16,19,26H,9,14-15,17-18,20-21H2,1-8H3,(H,34,40). The van der Waals surface area contributed by atoms with Crippen molar-refractivity contribution in [1.29, 1.82) is 0 Å². The van der Waals surface area contributed by atoms with Crippen molar-refractivity contribution < 1.29 is 19.1 Å². The van der Waals surface area contributed by atoms with Gasteiger partial charge in [-0.1, -0.05) is 24.3 Å². The molecule has 0 unspecified atom stereocenters. The van der Waals surface area contributed by atoms with Crippen molar-refractivity contribution in [2.75, 3.05) is 44.7 Å². The molecular formula is C33H46N6O4. The summed E-state index contributed by atoms with van der Waals surface area (Å²) < 4.78 is 7.30. The van der Waals surface area contributed by atoms with Crippen molar-refractivity contribution in [3.8, 4) is 0 Å². The average Bonchev–Trinajstić information content (AvgIpc) is 3.48. The lowest BCUT2D eigenvalue weighted by molar-refractivity contribution is -0.130. The zero-order valence-electron chi connectivity index (χ0n) is 26.9. The first-order valence-corrected chi connectivity index (χ1v) is 15.0. The van der Waals surface area contributed by atoms with Crippen LogP contribution in [0.1, 0.15) is 50.1 Å². The number of carbonyl (C=O) groups is 3. The summed E-state index contributed by atoms with van der Waals surface area (Å²) in [4.78, 5) is 44.7. The lowest BCUT2D eigenvalue weighted by Gasteiger charge is -2.30. The number of benzene rings is 2. The molecule has 0 atom stereocenters. The molecule has 232 valence electrons. The monoisotopic (exact) mass is 590 g/mol. The van der Waals surface area contributed by atoms with Gasteiger partial charge in [0.15, 0.2) is 0 Å². The Labute approximate surface area is 254 Å². The number of aromatic nitrogens is 2. The Kier molecular flexibility index (Phi) is 9.67. The van der Waals surface area contributed by atoms with Crippen LogP contribution in [-0.2, 0) is 34.2 Å². The number of aryl methyl sites for hydroxylation is 3. The van der Waals surface area contributed by atoms with E-state index in [0.717, 1.165) is 40.7 Å². The van der Waals surface area contributed by atoms with Crippen LogP contribution in [0.5, 0.6) is 0 Å². The molecule has 10 heteroatoms. The van der Waals surface area contributed by atoms with Gasteiger partial charge in [0, 0.05) is 50.8 Å². The summed E-state index contributed by atoms with van der Waals surface area (Å²) in [5.74, 6) is -0.280. The minimum absolute atomic E-state index is 0.00772. The maximum atomic E-state index is 13.7. The number of rotatable bonds is 10. The number of ether oxygens (including phenoxy) is 1. The van der Waals surface area contributed by atoms with E-state index in [4.69, 9.17) is 4.74 Å². The van der Waals surface area contributed by atoms with Gasteiger partial charge in [-0.3, -0.25) is 14.3 Å². The Morgan fingerprint density at radius 2 is 1.72 bits per heavy atom. The van der Waals surface area contributed by atoms with E-state index in [2.05, 4.69) is 28.6 Å². The van der Waals surface area contributed by atoms with Crippen molar-refractivity contribution in [3.05, 3.63) is 58.8 Å². The SMILES string of the molecule is CCN(CCNC(=O)CN(CC(=O)N(C)C1Cc2ccccc2C1)c1cc2c(cc1C)c(C)nn2C)C(=O)OC(C)(C)C. The molecule has 1 N–H and O–H groups in total. The number of nitrogens with one attached hydrogen (secondary N) is 1. The number of fused-ring (bicyclic) bond motifs is 2. The zero-order valence-corrected chi connectivity index (χ0v) is 26.9. The molecule has 2 aromatic carbocycles. The second-order valence-corrected chi connectivity index (χ2v) is 12.5. The number of hydrogen-bond donors (Lipinski definition) is 1. The molecule has 3 amide bonds. The van der Waals surface area contributed by atoms with Gasteiger partial charge < -0.3 is 24.8 Å². The van der Waals surface area contributed by atoms with E-state index >= 15 is 0 Å². The van der Waals surface area contributed by atoms with Crippen molar-refractivity contribution >= 4 is 34.5 Å². The fourth-order valence-electron chi connectivity index (χ4n) is 5.70. The lowest BCUT2D eigenvalue weighted by atomic mass is 10.1. The first-order valence-electron chi connectivity index (χ1n) is 15.0. The van der Waals surface area contributed by atoms with Gasteiger partial charge in [-0.25, -0.2) is 4.79 Å². The van der Waals surface area contributed by atoms with Crippen molar-refractivity contribution in [1.82, 2.24) is 24.9 Å². The van der Waals surface area contributed by atoms with Crippen LogP contribution in [0, 0.1) is 13.8 Å².